The van der Waals surface area contributed by atoms with E-state index in [1.165, 1.54) is 12.1 Å². The highest BCUT2D eigenvalue weighted by atomic mass is 35.5. The lowest BCUT2D eigenvalue weighted by molar-refractivity contribution is -0.126. The molecule has 7 nitrogen and oxygen atoms in total. The van der Waals surface area contributed by atoms with Crippen molar-refractivity contribution in [1.29, 1.82) is 0 Å². The van der Waals surface area contributed by atoms with Gasteiger partial charge in [0.2, 0.25) is 5.91 Å². The lowest BCUT2D eigenvalue weighted by Gasteiger charge is -2.40. The quantitative estimate of drug-likeness (QED) is 0.207. The van der Waals surface area contributed by atoms with Crippen molar-refractivity contribution in [2.45, 2.75) is 31.3 Å². The molecule has 224 valence electrons. The van der Waals surface area contributed by atoms with E-state index >= 15 is 0 Å². The Hall–Kier alpha value is -3.40. The van der Waals surface area contributed by atoms with Crippen LogP contribution in [0.25, 0.3) is 16.9 Å². The normalized spacial score (nSPS) is 14.6. The molecule has 1 aromatic heterocycles. The number of carbonyl (C=O) groups excluding carboxylic acids is 2. The van der Waals surface area contributed by atoms with Crippen molar-refractivity contribution in [3.63, 3.8) is 0 Å². The molecule has 0 spiro atoms. The van der Waals surface area contributed by atoms with E-state index in [4.69, 9.17) is 40.5 Å². The van der Waals surface area contributed by atoms with Gasteiger partial charge in [-0.3, -0.25) is 14.9 Å². The van der Waals surface area contributed by atoms with E-state index < -0.39 is 11.4 Å². The first kappa shape index (κ1) is 31.0. The first-order valence-electron chi connectivity index (χ1n) is 13.8. The molecule has 1 saturated heterocycles. The van der Waals surface area contributed by atoms with Crippen molar-refractivity contribution in [3.8, 4) is 16.9 Å². The molecule has 1 fully saturated rings. The number of benzene rings is 3. The van der Waals surface area contributed by atoms with Crippen LogP contribution < -0.4 is 11.1 Å². The van der Waals surface area contributed by atoms with Gasteiger partial charge in [0, 0.05) is 59.7 Å². The standard InChI is InChI=1S/C32H30Cl3FN4O3/c33-21-3-8-24(9-4-21)40-28(11-16-41)26(18-29(40)25-10-5-22(34)17-27(25)35)30(42)39-14-12-32(13-15-39,31(37)43)38-19-20-1-6-23(36)7-2-20/h1-10,17-18,38,41H,11-16,19H2,(H2,37,43). The zero-order valence-corrected chi connectivity index (χ0v) is 25.4. The van der Waals surface area contributed by atoms with Gasteiger partial charge >= 0.3 is 0 Å². The minimum absolute atomic E-state index is 0.191. The molecule has 0 saturated carbocycles. The number of hydrogen-bond donors (Lipinski definition) is 3. The number of rotatable bonds is 9. The van der Waals surface area contributed by atoms with Crippen LogP contribution >= 0.6 is 34.8 Å². The Balaban J connectivity index is 1.47. The fourth-order valence-corrected chi connectivity index (χ4v) is 6.15. The molecule has 5 rings (SSSR count). The molecule has 4 N–H and O–H groups in total. The molecule has 0 aliphatic carbocycles. The summed E-state index contributed by atoms with van der Waals surface area (Å²) >= 11 is 19.0. The average molecular weight is 644 g/mol. The Morgan fingerprint density at radius 2 is 1.58 bits per heavy atom. The number of nitrogens with zero attached hydrogens (tertiary/aromatic N) is 2. The number of aliphatic hydroxyl groups is 1. The maximum absolute atomic E-state index is 14.1. The zero-order chi connectivity index (χ0) is 30.7. The van der Waals surface area contributed by atoms with Crippen molar-refractivity contribution in [3.05, 3.63) is 111 Å². The molecule has 2 amide bonds. The van der Waals surface area contributed by atoms with E-state index in [1.807, 2.05) is 16.7 Å². The summed E-state index contributed by atoms with van der Waals surface area (Å²) in [6.45, 7) is 0.691. The highest BCUT2D eigenvalue weighted by Crippen LogP contribution is 2.37. The second kappa shape index (κ2) is 13.1. The Bertz CT molecular complexity index is 1630. The van der Waals surface area contributed by atoms with Crippen molar-refractivity contribution in [2.24, 2.45) is 5.73 Å². The van der Waals surface area contributed by atoms with E-state index in [0.29, 0.717) is 57.0 Å². The highest BCUT2D eigenvalue weighted by molar-refractivity contribution is 6.36. The number of carbonyl (C=O) groups is 2. The number of primary amides is 1. The monoisotopic (exact) mass is 642 g/mol. The van der Waals surface area contributed by atoms with Crippen LogP contribution in [0.5, 0.6) is 0 Å². The van der Waals surface area contributed by atoms with Crippen LogP contribution in [0.4, 0.5) is 4.39 Å². The van der Waals surface area contributed by atoms with E-state index in [1.54, 1.807) is 53.4 Å². The molecule has 4 aromatic rings. The van der Waals surface area contributed by atoms with Gasteiger partial charge in [-0.15, -0.1) is 0 Å². The summed E-state index contributed by atoms with van der Waals surface area (Å²) < 4.78 is 15.2. The zero-order valence-electron chi connectivity index (χ0n) is 23.1. The summed E-state index contributed by atoms with van der Waals surface area (Å²) in [5, 5.41) is 14.7. The molecule has 1 aliphatic heterocycles. The van der Waals surface area contributed by atoms with Crippen LogP contribution in [0.2, 0.25) is 15.1 Å². The SMILES string of the molecule is NC(=O)C1(NCc2ccc(F)cc2)CCN(C(=O)c2cc(-c3ccc(Cl)cc3Cl)n(-c3ccc(Cl)cc3)c2CCO)CC1. The molecule has 0 bridgehead atoms. The molecule has 1 aliphatic rings. The number of aromatic nitrogens is 1. The molecular formula is C32H30Cl3FN4O3. The number of aliphatic hydroxyl groups excluding tert-OH is 1. The molecule has 3 aromatic carbocycles. The topological polar surface area (TPSA) is 101 Å². The van der Waals surface area contributed by atoms with Crippen LogP contribution in [0.15, 0.2) is 72.8 Å². The number of hydrogen-bond acceptors (Lipinski definition) is 4. The van der Waals surface area contributed by atoms with Crippen LogP contribution in [0, 0.1) is 5.82 Å². The number of amides is 2. The maximum atomic E-state index is 14.1. The summed E-state index contributed by atoms with van der Waals surface area (Å²) in [5.41, 5.74) is 8.72. The van der Waals surface area contributed by atoms with Gasteiger partial charge < -0.3 is 20.3 Å². The Morgan fingerprint density at radius 3 is 2.19 bits per heavy atom. The third-order valence-electron chi connectivity index (χ3n) is 7.89. The first-order chi connectivity index (χ1) is 20.6. The van der Waals surface area contributed by atoms with Crippen LogP contribution in [0.1, 0.15) is 34.5 Å². The van der Waals surface area contributed by atoms with E-state index in [9.17, 15) is 19.1 Å². The Kier molecular flexibility index (Phi) is 9.44. The predicted octanol–water partition coefficient (Wildman–Crippen LogP) is 6.03. The van der Waals surface area contributed by atoms with E-state index in [2.05, 4.69) is 5.32 Å². The summed E-state index contributed by atoms with van der Waals surface area (Å²) in [6.07, 6.45) is 0.809. The van der Waals surface area contributed by atoms with Gasteiger partial charge in [-0.1, -0.05) is 46.9 Å². The third-order valence-corrected chi connectivity index (χ3v) is 8.69. The first-order valence-corrected chi connectivity index (χ1v) is 14.9. The molecule has 0 radical (unpaired) electrons. The molecule has 0 atom stereocenters. The van der Waals surface area contributed by atoms with Crippen molar-refractivity contribution in [1.82, 2.24) is 14.8 Å². The fraction of sp³-hybridized carbons (Fsp3) is 0.250. The van der Waals surface area contributed by atoms with Gasteiger partial charge in [-0.2, -0.15) is 0 Å². The second-order valence-corrected chi connectivity index (χ2v) is 11.8. The van der Waals surface area contributed by atoms with Gasteiger partial charge in [0.1, 0.15) is 11.4 Å². The number of nitrogens with one attached hydrogen (secondary N) is 1. The lowest BCUT2D eigenvalue weighted by Crippen LogP contribution is -2.61. The average Bonchev–Trinajstić information content (AvgIpc) is 3.36. The Labute approximate surface area is 264 Å². The number of piperidine rings is 1. The summed E-state index contributed by atoms with van der Waals surface area (Å²) in [7, 11) is 0. The summed E-state index contributed by atoms with van der Waals surface area (Å²) in [4.78, 5) is 28.4. The molecule has 11 heteroatoms. The van der Waals surface area contributed by atoms with E-state index in [0.717, 1.165) is 11.3 Å². The second-order valence-electron chi connectivity index (χ2n) is 10.5. The molecule has 2 heterocycles. The van der Waals surface area contributed by atoms with Gasteiger partial charge in [0.15, 0.2) is 0 Å². The van der Waals surface area contributed by atoms with Crippen molar-refractivity contribution in [2.75, 3.05) is 19.7 Å². The minimum atomic E-state index is -1.02. The van der Waals surface area contributed by atoms with Crippen LogP contribution in [0.3, 0.4) is 0 Å². The molecule has 0 unspecified atom stereocenters. The lowest BCUT2D eigenvalue weighted by atomic mass is 9.86. The maximum Gasteiger partial charge on any atom is 0.255 e. The molecule has 43 heavy (non-hydrogen) atoms. The van der Waals surface area contributed by atoms with Gasteiger partial charge in [-0.25, -0.2) is 4.39 Å². The largest absolute Gasteiger partial charge is 0.396 e. The summed E-state index contributed by atoms with van der Waals surface area (Å²) in [5.74, 6) is -1.08. The number of halogens is 4. The van der Waals surface area contributed by atoms with Crippen molar-refractivity contribution >= 4 is 46.6 Å². The Morgan fingerprint density at radius 1 is 0.930 bits per heavy atom. The highest BCUT2D eigenvalue weighted by Gasteiger charge is 2.41. The van der Waals surface area contributed by atoms with E-state index in [-0.39, 0.29) is 37.8 Å². The van der Waals surface area contributed by atoms with Crippen LogP contribution in [-0.4, -0.2) is 51.6 Å². The van der Waals surface area contributed by atoms with Gasteiger partial charge in [0.05, 0.1) is 16.3 Å². The number of nitrogens with two attached hydrogens (primary N) is 1. The van der Waals surface area contributed by atoms with Crippen LogP contribution in [-0.2, 0) is 17.8 Å². The van der Waals surface area contributed by atoms with Gasteiger partial charge in [0.25, 0.3) is 5.91 Å². The fourth-order valence-electron chi connectivity index (χ4n) is 5.51. The molecular weight excluding hydrogens is 614 g/mol. The minimum Gasteiger partial charge on any atom is -0.396 e. The summed E-state index contributed by atoms with van der Waals surface area (Å²) in [6, 6.07) is 20.1. The third kappa shape index (κ3) is 6.59. The predicted molar refractivity (Wildman–Crippen MR) is 167 cm³/mol. The van der Waals surface area contributed by atoms with Crippen molar-refractivity contribution < 1.29 is 19.1 Å². The number of likely N-dealkylation sites (tertiary alicyclic amines) is 1. The van der Waals surface area contributed by atoms with Gasteiger partial charge in [-0.05, 0) is 79.1 Å². The smallest absolute Gasteiger partial charge is 0.255 e.